The van der Waals surface area contributed by atoms with Crippen molar-refractivity contribution in [2.75, 3.05) is 0 Å². The number of ether oxygens (including phenoxy) is 1. The molecule has 0 bridgehead atoms. The number of benzene rings is 1. The van der Waals surface area contributed by atoms with Crippen LogP contribution in [0.25, 0.3) is 0 Å². The number of carboxylic acids is 1. The van der Waals surface area contributed by atoms with Gasteiger partial charge in [0.05, 0.1) is 0 Å². The van der Waals surface area contributed by atoms with Crippen molar-refractivity contribution in [1.82, 2.24) is 0 Å². The number of aryl methyl sites for hydroxylation is 1. The van der Waals surface area contributed by atoms with Crippen molar-refractivity contribution in [3.63, 3.8) is 0 Å². The quantitative estimate of drug-likeness (QED) is 0.784. The molecule has 7 heteroatoms. The first kappa shape index (κ1) is 14.0. The van der Waals surface area contributed by atoms with E-state index in [1.165, 1.54) is 13.0 Å². The lowest BCUT2D eigenvalue weighted by Gasteiger charge is -2.16. The Balaban J connectivity index is 3.43. The second-order valence-electron chi connectivity index (χ2n) is 3.45. The zero-order valence-corrected chi connectivity index (χ0v) is 9.26. The fourth-order valence-electron chi connectivity index (χ4n) is 1.49. The largest absolute Gasteiger partial charge is 0.479 e. The van der Waals surface area contributed by atoms with Gasteiger partial charge in [-0.25, -0.2) is 4.79 Å². The molecule has 1 atom stereocenters. The number of aliphatic hydroxyl groups is 1. The lowest BCUT2D eigenvalue weighted by atomic mass is 9.97. The van der Waals surface area contributed by atoms with Crippen molar-refractivity contribution in [1.29, 1.82) is 0 Å². The standard InChI is InChI=1S/C11H10F2O5/c1-5-2-3-7(18-11(12)13)8(6(5)4-14)9(15)10(16)17/h2-4,9,11,15H,1H3,(H,16,17). The van der Waals surface area contributed by atoms with E-state index < -0.39 is 30.0 Å². The second kappa shape index (κ2) is 5.54. The van der Waals surface area contributed by atoms with Crippen LogP contribution >= 0.6 is 0 Å². The molecule has 0 fully saturated rings. The molecule has 0 heterocycles. The van der Waals surface area contributed by atoms with Gasteiger partial charge >= 0.3 is 12.6 Å². The highest BCUT2D eigenvalue weighted by atomic mass is 19.3. The minimum absolute atomic E-state index is 0.178. The number of aldehydes is 1. The number of rotatable bonds is 5. The number of carboxylic acid groups (broad SMARTS) is 1. The molecule has 18 heavy (non-hydrogen) atoms. The van der Waals surface area contributed by atoms with Gasteiger partial charge < -0.3 is 14.9 Å². The molecule has 2 N–H and O–H groups in total. The summed E-state index contributed by atoms with van der Waals surface area (Å²) in [4.78, 5) is 21.6. The van der Waals surface area contributed by atoms with Gasteiger partial charge in [-0.1, -0.05) is 6.07 Å². The third-order valence-corrected chi connectivity index (χ3v) is 2.31. The molecule has 1 unspecified atom stereocenters. The Bertz CT molecular complexity index is 473. The first-order chi connectivity index (χ1) is 8.38. The van der Waals surface area contributed by atoms with Gasteiger partial charge in [0.1, 0.15) is 5.75 Å². The molecular formula is C11H10F2O5. The number of aliphatic carboxylic acids is 1. The Labute approximate surface area is 101 Å². The number of hydrogen-bond donors (Lipinski definition) is 2. The molecule has 5 nitrogen and oxygen atoms in total. The van der Waals surface area contributed by atoms with Crippen LogP contribution in [0, 0.1) is 6.92 Å². The lowest BCUT2D eigenvalue weighted by Crippen LogP contribution is -2.16. The summed E-state index contributed by atoms with van der Waals surface area (Å²) in [5.74, 6) is -2.20. The normalized spacial score (nSPS) is 12.3. The minimum atomic E-state index is -3.19. The van der Waals surface area contributed by atoms with E-state index in [1.54, 1.807) is 0 Å². The lowest BCUT2D eigenvalue weighted by molar-refractivity contribution is -0.147. The molecule has 0 aliphatic carbocycles. The number of aliphatic hydroxyl groups excluding tert-OH is 1. The monoisotopic (exact) mass is 260 g/mol. The van der Waals surface area contributed by atoms with Crippen LogP contribution in [-0.2, 0) is 4.79 Å². The number of hydrogen-bond acceptors (Lipinski definition) is 4. The van der Waals surface area contributed by atoms with E-state index in [2.05, 4.69) is 4.74 Å². The molecule has 0 spiro atoms. The Morgan fingerprint density at radius 3 is 2.50 bits per heavy atom. The first-order valence-electron chi connectivity index (χ1n) is 4.82. The minimum Gasteiger partial charge on any atom is -0.479 e. The van der Waals surface area contributed by atoms with Crippen molar-refractivity contribution < 1.29 is 33.3 Å². The van der Waals surface area contributed by atoms with E-state index in [0.717, 1.165) is 6.07 Å². The van der Waals surface area contributed by atoms with Crippen LogP contribution in [0.1, 0.15) is 27.6 Å². The fraction of sp³-hybridized carbons (Fsp3) is 0.273. The van der Waals surface area contributed by atoms with Gasteiger partial charge in [-0.3, -0.25) is 4.79 Å². The van der Waals surface area contributed by atoms with Crippen molar-refractivity contribution in [3.8, 4) is 5.75 Å². The molecule has 0 aliphatic heterocycles. The summed E-state index contributed by atoms with van der Waals surface area (Å²) in [5.41, 5.74) is -0.303. The van der Waals surface area contributed by atoms with Gasteiger partial charge in [0.2, 0.25) is 0 Å². The molecule has 0 saturated carbocycles. The number of alkyl halides is 2. The van der Waals surface area contributed by atoms with Crippen LogP contribution in [0.2, 0.25) is 0 Å². The van der Waals surface area contributed by atoms with Crippen LogP contribution in [0.4, 0.5) is 8.78 Å². The molecule has 0 saturated heterocycles. The highest BCUT2D eigenvalue weighted by molar-refractivity contribution is 5.86. The Morgan fingerprint density at radius 1 is 1.44 bits per heavy atom. The molecule has 1 aromatic carbocycles. The van der Waals surface area contributed by atoms with E-state index in [9.17, 15) is 23.5 Å². The molecule has 98 valence electrons. The topological polar surface area (TPSA) is 83.8 Å². The average molecular weight is 260 g/mol. The summed E-state index contributed by atoms with van der Waals surface area (Å²) in [6, 6.07) is 2.40. The molecule has 0 amide bonds. The van der Waals surface area contributed by atoms with Crippen LogP contribution in [0.15, 0.2) is 12.1 Å². The van der Waals surface area contributed by atoms with Gasteiger partial charge in [0.15, 0.2) is 12.4 Å². The zero-order chi connectivity index (χ0) is 13.9. The van der Waals surface area contributed by atoms with E-state index in [-0.39, 0.29) is 11.8 Å². The van der Waals surface area contributed by atoms with Gasteiger partial charge in [-0.05, 0) is 18.6 Å². The molecular weight excluding hydrogens is 250 g/mol. The Morgan fingerprint density at radius 2 is 2.06 bits per heavy atom. The van der Waals surface area contributed by atoms with Crippen molar-refractivity contribution in [3.05, 3.63) is 28.8 Å². The number of carbonyl (C=O) groups excluding carboxylic acids is 1. The number of halogens is 2. The molecule has 1 rings (SSSR count). The highest BCUT2D eigenvalue weighted by Crippen LogP contribution is 2.31. The van der Waals surface area contributed by atoms with E-state index in [4.69, 9.17) is 5.11 Å². The average Bonchev–Trinajstić information content (AvgIpc) is 2.29. The maximum Gasteiger partial charge on any atom is 0.387 e. The van der Waals surface area contributed by atoms with Gasteiger partial charge in [-0.2, -0.15) is 8.78 Å². The molecule has 0 radical (unpaired) electrons. The van der Waals surface area contributed by atoms with Crippen molar-refractivity contribution in [2.45, 2.75) is 19.6 Å². The van der Waals surface area contributed by atoms with Crippen LogP contribution in [-0.4, -0.2) is 29.1 Å². The highest BCUT2D eigenvalue weighted by Gasteiger charge is 2.26. The Hall–Kier alpha value is -2.02. The summed E-state index contributed by atoms with van der Waals surface area (Å²) < 4.78 is 28.4. The van der Waals surface area contributed by atoms with Gasteiger partial charge in [0.25, 0.3) is 0 Å². The van der Waals surface area contributed by atoms with E-state index in [1.807, 2.05) is 0 Å². The van der Waals surface area contributed by atoms with Gasteiger partial charge in [0, 0.05) is 11.1 Å². The summed E-state index contributed by atoms with van der Waals surface area (Å²) in [5, 5.41) is 18.1. The predicted molar refractivity (Wildman–Crippen MR) is 55.8 cm³/mol. The summed E-state index contributed by atoms with van der Waals surface area (Å²) in [6.45, 7) is -1.71. The fourth-order valence-corrected chi connectivity index (χ4v) is 1.49. The smallest absolute Gasteiger partial charge is 0.387 e. The van der Waals surface area contributed by atoms with Crippen molar-refractivity contribution >= 4 is 12.3 Å². The molecule has 0 aromatic heterocycles. The summed E-state index contributed by atoms with van der Waals surface area (Å²) in [7, 11) is 0. The van der Waals surface area contributed by atoms with Crippen LogP contribution < -0.4 is 4.74 Å². The molecule has 0 aliphatic rings. The maximum absolute atomic E-state index is 12.2. The first-order valence-corrected chi connectivity index (χ1v) is 4.82. The number of carbonyl (C=O) groups is 2. The van der Waals surface area contributed by atoms with Gasteiger partial charge in [-0.15, -0.1) is 0 Å². The van der Waals surface area contributed by atoms with E-state index >= 15 is 0 Å². The predicted octanol–water partition coefficient (Wildman–Crippen LogP) is 1.53. The summed E-state index contributed by atoms with van der Waals surface area (Å²) >= 11 is 0. The maximum atomic E-state index is 12.2. The second-order valence-corrected chi connectivity index (χ2v) is 3.45. The zero-order valence-electron chi connectivity index (χ0n) is 9.26. The molecule has 1 aromatic rings. The SMILES string of the molecule is Cc1ccc(OC(F)F)c(C(O)C(=O)O)c1C=O. The Kier molecular flexibility index (Phi) is 4.33. The van der Waals surface area contributed by atoms with Crippen molar-refractivity contribution in [2.24, 2.45) is 0 Å². The third kappa shape index (κ3) is 2.80. The van der Waals surface area contributed by atoms with E-state index in [0.29, 0.717) is 5.56 Å². The summed E-state index contributed by atoms with van der Waals surface area (Å²) in [6.07, 6.45) is -1.83. The van der Waals surface area contributed by atoms with Crippen LogP contribution in [0.5, 0.6) is 5.75 Å². The third-order valence-electron chi connectivity index (χ3n) is 2.31. The van der Waals surface area contributed by atoms with Crippen LogP contribution in [0.3, 0.4) is 0 Å².